The number of anilines is 1. The number of carbonyl (C=O) groups is 1. The predicted octanol–water partition coefficient (Wildman–Crippen LogP) is 3.17. The van der Waals surface area contributed by atoms with Crippen LogP contribution in [0.5, 0.6) is 11.5 Å². The molecule has 1 aromatic carbocycles. The molecule has 0 saturated carbocycles. The van der Waals surface area contributed by atoms with Gasteiger partial charge in [-0.3, -0.25) is 4.79 Å². The van der Waals surface area contributed by atoms with Crippen LogP contribution in [0.15, 0.2) is 36.5 Å². The predicted molar refractivity (Wildman–Crippen MR) is 96.3 cm³/mol. The Kier molecular flexibility index (Phi) is 5.38. The smallest absolute Gasteiger partial charge is 0.251 e. The molecule has 6 nitrogen and oxygen atoms in total. The largest absolute Gasteiger partial charge is 0.490 e. The molecule has 6 heteroatoms. The molecule has 1 aromatic heterocycles. The van der Waals surface area contributed by atoms with E-state index in [0.717, 1.165) is 23.5 Å². The number of amides is 1. The van der Waals surface area contributed by atoms with E-state index in [1.165, 1.54) is 0 Å². The highest BCUT2D eigenvalue weighted by atomic mass is 16.5. The molecule has 3 rings (SSSR count). The van der Waals surface area contributed by atoms with Gasteiger partial charge in [-0.2, -0.15) is 0 Å². The van der Waals surface area contributed by atoms with Crippen LogP contribution in [0.1, 0.15) is 42.2 Å². The Bertz CT molecular complexity index is 748. The second-order valence-electron chi connectivity index (χ2n) is 5.91. The van der Waals surface area contributed by atoms with Gasteiger partial charge in [-0.1, -0.05) is 6.07 Å². The second kappa shape index (κ2) is 7.88. The van der Waals surface area contributed by atoms with Gasteiger partial charge in [-0.15, -0.1) is 0 Å². The Morgan fingerprint density at radius 3 is 2.80 bits per heavy atom. The van der Waals surface area contributed by atoms with Crippen LogP contribution >= 0.6 is 0 Å². The molecule has 2 heterocycles. The van der Waals surface area contributed by atoms with Gasteiger partial charge in [0.15, 0.2) is 11.5 Å². The van der Waals surface area contributed by atoms with E-state index < -0.39 is 0 Å². The van der Waals surface area contributed by atoms with Crippen LogP contribution in [0.2, 0.25) is 0 Å². The summed E-state index contributed by atoms with van der Waals surface area (Å²) in [7, 11) is 0. The van der Waals surface area contributed by atoms with Gasteiger partial charge >= 0.3 is 0 Å². The third kappa shape index (κ3) is 4.21. The van der Waals surface area contributed by atoms with Gasteiger partial charge in [0.2, 0.25) is 0 Å². The molecular weight excluding hydrogens is 318 g/mol. The summed E-state index contributed by atoms with van der Waals surface area (Å²) in [5.74, 6) is 2.11. The molecule has 1 aliphatic heterocycles. The number of hydrogen-bond donors (Lipinski definition) is 2. The maximum absolute atomic E-state index is 11.9. The van der Waals surface area contributed by atoms with E-state index in [0.29, 0.717) is 31.1 Å². The van der Waals surface area contributed by atoms with Gasteiger partial charge < -0.3 is 20.1 Å². The SMILES string of the molecule is CCNC(=O)c1ccnc(NC(C)c2ccc3c(c2)OCCCO3)c1. The average molecular weight is 341 g/mol. The van der Waals surface area contributed by atoms with Gasteiger partial charge in [0.1, 0.15) is 5.82 Å². The molecule has 25 heavy (non-hydrogen) atoms. The zero-order valence-electron chi connectivity index (χ0n) is 14.5. The van der Waals surface area contributed by atoms with E-state index in [-0.39, 0.29) is 11.9 Å². The van der Waals surface area contributed by atoms with E-state index in [4.69, 9.17) is 9.47 Å². The van der Waals surface area contributed by atoms with Crippen molar-refractivity contribution in [3.05, 3.63) is 47.7 Å². The molecule has 1 aliphatic rings. The minimum atomic E-state index is -0.101. The molecule has 0 radical (unpaired) electrons. The first kappa shape index (κ1) is 17.1. The fraction of sp³-hybridized carbons (Fsp3) is 0.368. The fourth-order valence-corrected chi connectivity index (χ4v) is 2.67. The minimum absolute atomic E-state index is 0.00846. The lowest BCUT2D eigenvalue weighted by Gasteiger charge is -2.17. The Morgan fingerprint density at radius 1 is 1.20 bits per heavy atom. The van der Waals surface area contributed by atoms with Gasteiger partial charge in [0.25, 0.3) is 5.91 Å². The lowest BCUT2D eigenvalue weighted by Crippen LogP contribution is -2.22. The number of nitrogens with one attached hydrogen (secondary N) is 2. The molecule has 132 valence electrons. The number of fused-ring (bicyclic) bond motifs is 1. The van der Waals surface area contributed by atoms with E-state index >= 15 is 0 Å². The number of aromatic nitrogens is 1. The van der Waals surface area contributed by atoms with E-state index in [9.17, 15) is 4.79 Å². The van der Waals surface area contributed by atoms with Crippen LogP contribution < -0.4 is 20.1 Å². The highest BCUT2D eigenvalue weighted by Gasteiger charge is 2.14. The van der Waals surface area contributed by atoms with E-state index in [1.54, 1.807) is 18.3 Å². The van der Waals surface area contributed by atoms with Crippen LogP contribution in [0.3, 0.4) is 0 Å². The van der Waals surface area contributed by atoms with Crippen molar-refractivity contribution in [3.8, 4) is 11.5 Å². The summed E-state index contributed by atoms with van der Waals surface area (Å²) in [6.07, 6.45) is 2.52. The number of nitrogens with zero attached hydrogens (tertiary/aromatic N) is 1. The quantitative estimate of drug-likeness (QED) is 0.874. The summed E-state index contributed by atoms with van der Waals surface area (Å²) in [4.78, 5) is 16.3. The van der Waals surface area contributed by atoms with Gasteiger partial charge in [-0.25, -0.2) is 4.98 Å². The number of ether oxygens (including phenoxy) is 2. The highest BCUT2D eigenvalue weighted by Crippen LogP contribution is 2.33. The summed E-state index contributed by atoms with van der Waals surface area (Å²) >= 11 is 0. The van der Waals surface area contributed by atoms with E-state index in [1.807, 2.05) is 32.0 Å². The van der Waals surface area contributed by atoms with Gasteiger partial charge in [0, 0.05) is 24.7 Å². The molecule has 0 aliphatic carbocycles. The third-order valence-electron chi connectivity index (χ3n) is 4.00. The van der Waals surface area contributed by atoms with Gasteiger partial charge in [0.05, 0.1) is 19.3 Å². The molecule has 1 amide bonds. The van der Waals surface area contributed by atoms with Crippen molar-refractivity contribution < 1.29 is 14.3 Å². The molecule has 1 unspecified atom stereocenters. The molecule has 2 aromatic rings. The van der Waals surface area contributed by atoms with E-state index in [2.05, 4.69) is 15.6 Å². The first-order valence-electron chi connectivity index (χ1n) is 8.57. The normalized spacial score (nSPS) is 14.3. The Morgan fingerprint density at radius 2 is 2.00 bits per heavy atom. The first-order valence-corrected chi connectivity index (χ1v) is 8.57. The maximum Gasteiger partial charge on any atom is 0.251 e. The van der Waals surface area contributed by atoms with Crippen molar-refractivity contribution in [2.75, 3.05) is 25.1 Å². The zero-order valence-corrected chi connectivity index (χ0v) is 14.5. The van der Waals surface area contributed by atoms with Crippen LogP contribution in [0.25, 0.3) is 0 Å². The highest BCUT2D eigenvalue weighted by molar-refractivity contribution is 5.94. The van der Waals surface area contributed by atoms with Crippen molar-refractivity contribution in [2.45, 2.75) is 26.3 Å². The fourth-order valence-electron chi connectivity index (χ4n) is 2.67. The summed E-state index contributed by atoms with van der Waals surface area (Å²) in [6.45, 7) is 5.87. The summed E-state index contributed by atoms with van der Waals surface area (Å²) in [5.41, 5.74) is 1.65. The Balaban J connectivity index is 1.74. The summed E-state index contributed by atoms with van der Waals surface area (Å²) in [5, 5.41) is 6.12. The van der Waals surface area contributed by atoms with Gasteiger partial charge in [-0.05, 0) is 43.7 Å². The molecule has 0 bridgehead atoms. The molecule has 1 atom stereocenters. The van der Waals surface area contributed by atoms with Crippen LogP contribution in [0, 0.1) is 0 Å². The molecule has 0 saturated heterocycles. The lowest BCUT2D eigenvalue weighted by atomic mass is 10.1. The molecule has 2 N–H and O–H groups in total. The summed E-state index contributed by atoms with van der Waals surface area (Å²) in [6, 6.07) is 9.41. The summed E-state index contributed by atoms with van der Waals surface area (Å²) < 4.78 is 11.4. The number of hydrogen-bond acceptors (Lipinski definition) is 5. The Labute approximate surface area is 147 Å². The molecule has 0 fully saturated rings. The molecule has 0 spiro atoms. The topological polar surface area (TPSA) is 72.5 Å². The number of carbonyl (C=O) groups excluding carboxylic acids is 1. The number of rotatable bonds is 5. The number of pyridine rings is 1. The number of benzene rings is 1. The van der Waals surface area contributed by atoms with Crippen LogP contribution in [0.4, 0.5) is 5.82 Å². The monoisotopic (exact) mass is 341 g/mol. The van der Waals surface area contributed by atoms with Crippen LogP contribution in [-0.4, -0.2) is 30.6 Å². The Hall–Kier alpha value is -2.76. The maximum atomic E-state index is 11.9. The van der Waals surface area contributed by atoms with Crippen molar-refractivity contribution in [2.24, 2.45) is 0 Å². The lowest BCUT2D eigenvalue weighted by molar-refractivity contribution is 0.0955. The standard InChI is InChI=1S/C19H23N3O3/c1-3-20-19(23)15-7-8-21-18(12-15)22-13(2)14-5-6-16-17(11-14)25-10-4-9-24-16/h5-8,11-13H,3-4,9-10H2,1-2H3,(H,20,23)(H,21,22). The first-order chi connectivity index (χ1) is 12.2. The van der Waals surface area contributed by atoms with Crippen molar-refractivity contribution in [1.82, 2.24) is 10.3 Å². The average Bonchev–Trinajstić information content (AvgIpc) is 2.86. The third-order valence-corrected chi connectivity index (χ3v) is 4.00. The minimum Gasteiger partial charge on any atom is -0.490 e. The van der Waals surface area contributed by atoms with Crippen LogP contribution in [-0.2, 0) is 0 Å². The van der Waals surface area contributed by atoms with Crippen molar-refractivity contribution in [3.63, 3.8) is 0 Å². The second-order valence-corrected chi connectivity index (χ2v) is 5.91. The van der Waals surface area contributed by atoms with Crippen molar-refractivity contribution in [1.29, 1.82) is 0 Å². The van der Waals surface area contributed by atoms with Crippen molar-refractivity contribution >= 4 is 11.7 Å². The zero-order chi connectivity index (χ0) is 17.6. The molecular formula is C19H23N3O3.